The smallest absolute Gasteiger partial charge is 0.252 e. The van der Waals surface area contributed by atoms with Gasteiger partial charge >= 0.3 is 0 Å². The number of carbonyl (C=O) groups is 1. The number of rotatable bonds is 2. The second-order valence-corrected chi connectivity index (χ2v) is 6.14. The average molecular weight is 292 g/mol. The molecule has 0 bridgehead atoms. The predicted molar refractivity (Wildman–Crippen MR) is 79.1 cm³/mol. The number of nitrogens with one attached hydrogen (secondary N) is 1. The highest BCUT2D eigenvalue weighted by Crippen LogP contribution is 2.35. The molecule has 1 N–H and O–H groups in total. The highest BCUT2D eigenvalue weighted by molar-refractivity contribution is 7.08. The zero-order valence-electron chi connectivity index (χ0n) is 10.5. The van der Waals surface area contributed by atoms with Crippen molar-refractivity contribution in [2.75, 3.05) is 0 Å². The van der Waals surface area contributed by atoms with Gasteiger partial charge in [-0.05, 0) is 35.4 Å². The lowest BCUT2D eigenvalue weighted by Gasteiger charge is -2.17. The van der Waals surface area contributed by atoms with E-state index in [0.717, 1.165) is 23.1 Å². The summed E-state index contributed by atoms with van der Waals surface area (Å²) in [6, 6.07) is 8.03. The lowest BCUT2D eigenvalue weighted by molar-refractivity contribution is 0.0937. The summed E-state index contributed by atoms with van der Waals surface area (Å²) in [4.78, 5) is 12.3. The molecular formula is C15H14ClNOS. The molecule has 0 fully saturated rings. The molecule has 2 aromatic rings. The molecule has 4 heteroatoms. The molecule has 0 radical (unpaired) electrons. The van der Waals surface area contributed by atoms with E-state index in [9.17, 15) is 4.79 Å². The Morgan fingerprint density at radius 2 is 2.16 bits per heavy atom. The van der Waals surface area contributed by atoms with Crippen molar-refractivity contribution in [3.8, 4) is 0 Å². The summed E-state index contributed by atoms with van der Waals surface area (Å²) in [7, 11) is 0. The lowest BCUT2D eigenvalue weighted by atomic mass is 10.1. The van der Waals surface area contributed by atoms with Gasteiger partial charge in [0.05, 0.1) is 17.0 Å². The highest BCUT2D eigenvalue weighted by atomic mass is 35.5. The number of thiophene rings is 1. The fourth-order valence-electron chi connectivity index (χ4n) is 2.53. The second kappa shape index (κ2) is 4.99. The number of hydrogen-bond donors (Lipinski definition) is 1. The van der Waals surface area contributed by atoms with Crippen LogP contribution in [-0.4, -0.2) is 11.3 Å². The number of carbonyl (C=O) groups excluding carboxylic acids is 1. The van der Waals surface area contributed by atoms with E-state index in [1.165, 1.54) is 5.56 Å². The quantitative estimate of drug-likeness (QED) is 0.840. The Morgan fingerprint density at radius 1 is 1.37 bits per heavy atom. The Hall–Kier alpha value is -1.32. The van der Waals surface area contributed by atoms with Crippen molar-refractivity contribution < 1.29 is 4.79 Å². The van der Waals surface area contributed by atoms with Gasteiger partial charge in [-0.15, -0.1) is 11.6 Å². The second-order valence-electron chi connectivity index (χ2n) is 4.84. The van der Waals surface area contributed by atoms with Crippen LogP contribution in [0.2, 0.25) is 0 Å². The Balaban J connectivity index is 1.84. The van der Waals surface area contributed by atoms with Gasteiger partial charge in [0.2, 0.25) is 0 Å². The van der Waals surface area contributed by atoms with Crippen LogP contribution in [0.5, 0.6) is 0 Å². The molecule has 1 aliphatic carbocycles. The number of hydrogen-bond acceptors (Lipinski definition) is 2. The van der Waals surface area contributed by atoms with Crippen molar-refractivity contribution in [3.05, 3.63) is 57.3 Å². The molecule has 1 aromatic carbocycles. The minimum Gasteiger partial charge on any atom is -0.344 e. The maximum Gasteiger partial charge on any atom is 0.252 e. The van der Waals surface area contributed by atoms with E-state index in [0.29, 0.717) is 0 Å². The van der Waals surface area contributed by atoms with Gasteiger partial charge in [-0.3, -0.25) is 4.79 Å². The molecule has 1 aromatic heterocycles. The molecular weight excluding hydrogens is 278 g/mol. The summed E-state index contributed by atoms with van der Waals surface area (Å²) in [5.41, 5.74) is 4.14. The van der Waals surface area contributed by atoms with Crippen LogP contribution in [0.15, 0.2) is 35.0 Å². The third-order valence-corrected chi connectivity index (χ3v) is 4.82. The molecule has 1 aliphatic rings. The number of fused-ring (bicyclic) bond motifs is 1. The van der Waals surface area contributed by atoms with Crippen LogP contribution < -0.4 is 5.32 Å². The van der Waals surface area contributed by atoms with Gasteiger partial charge in [-0.1, -0.05) is 24.3 Å². The third-order valence-electron chi connectivity index (χ3n) is 3.55. The Labute approximate surface area is 121 Å². The molecule has 0 aliphatic heterocycles. The van der Waals surface area contributed by atoms with Crippen LogP contribution in [0.25, 0.3) is 0 Å². The molecule has 0 saturated carbocycles. The van der Waals surface area contributed by atoms with Gasteiger partial charge in [0.1, 0.15) is 0 Å². The van der Waals surface area contributed by atoms with E-state index < -0.39 is 0 Å². The van der Waals surface area contributed by atoms with E-state index >= 15 is 0 Å². The van der Waals surface area contributed by atoms with Crippen LogP contribution in [0, 0.1) is 6.92 Å². The Morgan fingerprint density at radius 3 is 2.89 bits per heavy atom. The predicted octanol–water partition coefficient (Wildman–Crippen LogP) is 3.69. The minimum atomic E-state index is -0.0929. The molecule has 0 spiro atoms. The normalized spacial score (nSPS) is 21.2. The van der Waals surface area contributed by atoms with E-state index in [1.807, 2.05) is 35.9 Å². The van der Waals surface area contributed by atoms with E-state index in [1.54, 1.807) is 11.3 Å². The fraction of sp³-hybridized carbons (Fsp3) is 0.267. The molecule has 19 heavy (non-hydrogen) atoms. The van der Waals surface area contributed by atoms with Gasteiger partial charge < -0.3 is 5.32 Å². The van der Waals surface area contributed by atoms with Gasteiger partial charge in [0, 0.05) is 5.38 Å². The third kappa shape index (κ3) is 2.28. The summed E-state index contributed by atoms with van der Waals surface area (Å²) in [5.74, 6) is -0.0360. The van der Waals surface area contributed by atoms with Crippen molar-refractivity contribution in [2.24, 2.45) is 0 Å². The summed E-state index contributed by atoms with van der Waals surface area (Å²) >= 11 is 7.92. The number of halogens is 1. The van der Waals surface area contributed by atoms with Crippen LogP contribution in [0.1, 0.15) is 33.1 Å². The summed E-state index contributed by atoms with van der Waals surface area (Å²) in [6.45, 7) is 1.95. The highest BCUT2D eigenvalue weighted by Gasteiger charge is 2.32. The van der Waals surface area contributed by atoms with Gasteiger partial charge in [-0.25, -0.2) is 0 Å². The largest absolute Gasteiger partial charge is 0.344 e. The van der Waals surface area contributed by atoms with Crippen molar-refractivity contribution in [1.29, 1.82) is 0 Å². The molecule has 2 nitrogen and oxygen atoms in total. The maximum atomic E-state index is 12.3. The van der Waals surface area contributed by atoms with Crippen LogP contribution in [0.3, 0.4) is 0 Å². The molecule has 1 heterocycles. The van der Waals surface area contributed by atoms with E-state index in [-0.39, 0.29) is 17.3 Å². The topological polar surface area (TPSA) is 29.1 Å². The van der Waals surface area contributed by atoms with Crippen molar-refractivity contribution in [3.63, 3.8) is 0 Å². The average Bonchev–Trinajstić information content (AvgIpc) is 2.94. The van der Waals surface area contributed by atoms with Gasteiger partial charge in [0.15, 0.2) is 0 Å². The molecule has 2 unspecified atom stereocenters. The van der Waals surface area contributed by atoms with Crippen LogP contribution in [-0.2, 0) is 6.42 Å². The molecule has 1 amide bonds. The first-order chi connectivity index (χ1) is 9.16. The first kappa shape index (κ1) is 12.7. The maximum absolute atomic E-state index is 12.3. The van der Waals surface area contributed by atoms with Crippen molar-refractivity contribution in [2.45, 2.75) is 24.8 Å². The van der Waals surface area contributed by atoms with Crippen molar-refractivity contribution in [1.82, 2.24) is 5.32 Å². The fourth-order valence-corrected chi connectivity index (χ4v) is 3.72. The zero-order chi connectivity index (χ0) is 13.4. The van der Waals surface area contributed by atoms with Crippen LogP contribution in [0.4, 0.5) is 0 Å². The van der Waals surface area contributed by atoms with Crippen molar-refractivity contribution >= 4 is 28.8 Å². The summed E-state index contributed by atoms with van der Waals surface area (Å²) in [5, 5.41) is 6.86. The number of amides is 1. The Bertz CT molecular complexity index is 622. The lowest BCUT2D eigenvalue weighted by Crippen LogP contribution is -2.31. The minimum absolute atomic E-state index is 0.0360. The summed E-state index contributed by atoms with van der Waals surface area (Å²) < 4.78 is 0. The number of alkyl halides is 1. The van der Waals surface area contributed by atoms with Gasteiger partial charge in [0.25, 0.3) is 5.91 Å². The molecule has 0 saturated heterocycles. The summed E-state index contributed by atoms with van der Waals surface area (Å²) in [6.07, 6.45) is 0.811. The number of aryl methyl sites for hydroxylation is 1. The zero-order valence-corrected chi connectivity index (χ0v) is 12.1. The van der Waals surface area contributed by atoms with Gasteiger partial charge in [-0.2, -0.15) is 11.3 Å². The van der Waals surface area contributed by atoms with Crippen LogP contribution >= 0.6 is 22.9 Å². The van der Waals surface area contributed by atoms with E-state index in [2.05, 4.69) is 11.4 Å². The molecule has 98 valence electrons. The molecule has 2 atom stereocenters. The molecule has 3 rings (SSSR count). The standard InChI is InChI=1S/C15H14ClNOS/c1-9-7-19-8-12(9)15(18)17-14-11-5-3-2-4-10(11)6-13(14)16/h2-5,7-8,13-14H,6H2,1H3,(H,17,18). The first-order valence-corrected chi connectivity index (χ1v) is 7.60. The Kier molecular flexibility index (Phi) is 3.33. The SMILES string of the molecule is Cc1cscc1C(=O)NC1c2ccccc2CC1Cl. The monoisotopic (exact) mass is 291 g/mol. The van der Waals surface area contributed by atoms with E-state index in [4.69, 9.17) is 11.6 Å². The number of benzene rings is 1. The first-order valence-electron chi connectivity index (χ1n) is 6.22.